The number of imide groups is 1. The van der Waals surface area contributed by atoms with Crippen LogP contribution >= 0.6 is 23.1 Å². The maximum atomic E-state index is 12.9. The Morgan fingerprint density at radius 2 is 1.68 bits per heavy atom. The van der Waals surface area contributed by atoms with E-state index in [1.807, 2.05) is 41.8 Å². The van der Waals surface area contributed by atoms with E-state index in [0.29, 0.717) is 6.42 Å². The summed E-state index contributed by atoms with van der Waals surface area (Å²) in [5.41, 5.74) is 2.46. The van der Waals surface area contributed by atoms with Crippen molar-refractivity contribution >= 4 is 40.7 Å². The number of amides is 2. The minimum Gasteiger partial charge on any atom is -0.300 e. The van der Waals surface area contributed by atoms with Gasteiger partial charge in [0, 0.05) is 17.5 Å². The van der Waals surface area contributed by atoms with Crippen molar-refractivity contribution in [3.05, 3.63) is 77.3 Å². The molecule has 6 nitrogen and oxygen atoms in total. The van der Waals surface area contributed by atoms with Gasteiger partial charge in [-0.15, -0.1) is 11.3 Å². The fourth-order valence-corrected chi connectivity index (χ4v) is 5.03. The molecule has 2 aromatic carbocycles. The maximum Gasteiger partial charge on any atom is 0.450 e. The molecule has 0 spiro atoms. The van der Waals surface area contributed by atoms with Crippen molar-refractivity contribution in [3.8, 4) is 10.6 Å². The van der Waals surface area contributed by atoms with Crippen LogP contribution < -0.4 is 10.6 Å². The third-order valence-electron chi connectivity index (χ3n) is 5.22. The Hall–Kier alpha value is -3.02. The second-order valence-electron chi connectivity index (χ2n) is 8.13. The lowest BCUT2D eigenvalue weighted by Gasteiger charge is -2.17. The van der Waals surface area contributed by atoms with E-state index in [1.54, 1.807) is 24.3 Å². The minimum atomic E-state index is -4.85. The Bertz CT molecular complexity index is 1170. The summed E-state index contributed by atoms with van der Waals surface area (Å²) in [6, 6.07) is 17.9. The number of nitrogens with zero attached hydrogens (tertiary/aromatic N) is 1. The van der Waals surface area contributed by atoms with E-state index < -0.39 is 35.6 Å². The van der Waals surface area contributed by atoms with E-state index in [9.17, 15) is 27.6 Å². The van der Waals surface area contributed by atoms with Crippen molar-refractivity contribution in [2.24, 2.45) is 0 Å². The Labute approximate surface area is 221 Å². The molecule has 196 valence electrons. The standard InChI is InChI=1S/C26H26F3N3O3S2/c27-26(28,29)22(33)17-36-13-7-12-21(24(35)32-23(34)14-18-8-3-1-4-9-18)30-15-20-16-37-25(31-20)19-10-5-2-6-11-19/h1-6,8-11,16,21,30H,7,12-15,17H2,(H,32,34,35)/t21-/m0/s1. The zero-order valence-corrected chi connectivity index (χ0v) is 21.4. The third-order valence-corrected chi connectivity index (χ3v) is 7.20. The first-order valence-corrected chi connectivity index (χ1v) is 13.5. The van der Waals surface area contributed by atoms with E-state index >= 15 is 0 Å². The van der Waals surface area contributed by atoms with Gasteiger partial charge in [0.25, 0.3) is 0 Å². The predicted octanol–water partition coefficient (Wildman–Crippen LogP) is 4.80. The molecule has 2 amide bonds. The summed E-state index contributed by atoms with van der Waals surface area (Å²) in [7, 11) is 0. The average Bonchev–Trinajstić information content (AvgIpc) is 3.35. The maximum absolute atomic E-state index is 12.9. The molecule has 3 rings (SSSR count). The van der Waals surface area contributed by atoms with Crippen LogP contribution in [0.5, 0.6) is 0 Å². The Balaban J connectivity index is 1.56. The molecule has 0 radical (unpaired) electrons. The number of ketones is 1. The highest BCUT2D eigenvalue weighted by Gasteiger charge is 2.37. The number of thiazole rings is 1. The Kier molecular flexibility index (Phi) is 10.8. The predicted molar refractivity (Wildman–Crippen MR) is 139 cm³/mol. The molecule has 0 aliphatic rings. The van der Waals surface area contributed by atoms with E-state index in [4.69, 9.17) is 0 Å². The van der Waals surface area contributed by atoms with Gasteiger partial charge in [0.05, 0.1) is 23.9 Å². The summed E-state index contributed by atoms with van der Waals surface area (Å²) in [5, 5.41) is 8.24. The first kappa shape index (κ1) is 28.5. The molecule has 0 bridgehead atoms. The quantitative estimate of drug-likeness (QED) is 0.298. The molecule has 37 heavy (non-hydrogen) atoms. The van der Waals surface area contributed by atoms with Crippen LogP contribution in [0.1, 0.15) is 24.1 Å². The van der Waals surface area contributed by atoms with Gasteiger partial charge < -0.3 is 5.32 Å². The fraction of sp³-hybridized carbons (Fsp3) is 0.308. The second kappa shape index (κ2) is 14.1. The molecule has 3 aromatic rings. The van der Waals surface area contributed by atoms with Crippen molar-refractivity contribution in [2.75, 3.05) is 11.5 Å². The van der Waals surface area contributed by atoms with Crippen LogP contribution in [0, 0.1) is 0 Å². The normalized spacial score (nSPS) is 12.2. The molecule has 0 saturated heterocycles. The summed E-state index contributed by atoms with van der Waals surface area (Å²) in [4.78, 5) is 40.9. The fourth-order valence-electron chi connectivity index (χ4n) is 3.34. The number of carbonyl (C=O) groups is 3. The number of aromatic nitrogens is 1. The highest BCUT2D eigenvalue weighted by molar-refractivity contribution is 7.99. The van der Waals surface area contributed by atoms with Crippen LogP contribution in [0.3, 0.4) is 0 Å². The number of hydrogen-bond acceptors (Lipinski definition) is 7. The van der Waals surface area contributed by atoms with Gasteiger partial charge in [0.2, 0.25) is 17.6 Å². The largest absolute Gasteiger partial charge is 0.450 e. The lowest BCUT2D eigenvalue weighted by atomic mass is 10.1. The van der Waals surface area contributed by atoms with Gasteiger partial charge >= 0.3 is 6.18 Å². The monoisotopic (exact) mass is 549 g/mol. The summed E-state index contributed by atoms with van der Waals surface area (Å²) in [6.07, 6.45) is -4.16. The van der Waals surface area contributed by atoms with Gasteiger partial charge in [-0.1, -0.05) is 60.7 Å². The van der Waals surface area contributed by atoms with Crippen LogP contribution in [-0.4, -0.2) is 46.3 Å². The number of Topliss-reactive ketones (excluding diaryl/α,β-unsaturated/α-hetero) is 1. The summed E-state index contributed by atoms with van der Waals surface area (Å²) in [5.74, 6) is -3.15. The second-order valence-corrected chi connectivity index (χ2v) is 10.1. The van der Waals surface area contributed by atoms with E-state index in [0.717, 1.165) is 33.6 Å². The number of rotatable bonds is 13. The molecular formula is C26H26F3N3O3S2. The first-order chi connectivity index (χ1) is 17.7. The van der Waals surface area contributed by atoms with Crippen molar-refractivity contribution in [3.63, 3.8) is 0 Å². The molecular weight excluding hydrogens is 523 g/mol. The van der Waals surface area contributed by atoms with Crippen LogP contribution in [-0.2, 0) is 27.3 Å². The van der Waals surface area contributed by atoms with Gasteiger partial charge in [-0.05, 0) is 24.2 Å². The van der Waals surface area contributed by atoms with Crippen molar-refractivity contribution in [1.29, 1.82) is 0 Å². The zero-order valence-electron chi connectivity index (χ0n) is 19.8. The molecule has 0 fully saturated rings. The van der Waals surface area contributed by atoms with Crippen LogP contribution in [0.4, 0.5) is 13.2 Å². The van der Waals surface area contributed by atoms with Crippen LogP contribution in [0.15, 0.2) is 66.0 Å². The number of carbonyl (C=O) groups excluding carboxylic acids is 3. The van der Waals surface area contributed by atoms with Gasteiger partial charge in [-0.2, -0.15) is 24.9 Å². The van der Waals surface area contributed by atoms with Gasteiger partial charge in [0.1, 0.15) is 5.01 Å². The van der Waals surface area contributed by atoms with E-state index in [1.165, 1.54) is 11.3 Å². The highest BCUT2D eigenvalue weighted by atomic mass is 32.2. The molecule has 0 aliphatic heterocycles. The van der Waals surface area contributed by atoms with Gasteiger partial charge in [0.15, 0.2) is 0 Å². The van der Waals surface area contributed by atoms with Gasteiger partial charge in [-0.25, -0.2) is 4.98 Å². The van der Waals surface area contributed by atoms with Crippen LogP contribution in [0.25, 0.3) is 10.6 Å². The highest BCUT2D eigenvalue weighted by Crippen LogP contribution is 2.23. The third kappa shape index (κ3) is 9.75. The number of halogens is 3. The smallest absolute Gasteiger partial charge is 0.300 e. The van der Waals surface area contributed by atoms with E-state index in [-0.39, 0.29) is 25.1 Å². The SMILES string of the molecule is O=C(Cc1ccccc1)NC(=O)[C@H](CCCSCC(=O)C(F)(F)F)NCc1csc(-c2ccccc2)n1. The lowest BCUT2D eigenvalue weighted by Crippen LogP contribution is -2.46. The summed E-state index contributed by atoms with van der Waals surface area (Å²) < 4.78 is 37.1. The number of hydrogen-bond donors (Lipinski definition) is 2. The summed E-state index contributed by atoms with van der Waals surface area (Å²) >= 11 is 2.34. The number of benzene rings is 2. The molecule has 1 aromatic heterocycles. The number of nitrogens with one attached hydrogen (secondary N) is 2. The molecule has 0 saturated carbocycles. The first-order valence-electron chi connectivity index (χ1n) is 11.5. The lowest BCUT2D eigenvalue weighted by molar-refractivity contribution is -0.167. The van der Waals surface area contributed by atoms with E-state index in [2.05, 4.69) is 15.6 Å². The molecule has 1 heterocycles. The minimum absolute atomic E-state index is 0.0429. The van der Waals surface area contributed by atoms with Crippen molar-refractivity contribution < 1.29 is 27.6 Å². The molecule has 0 aliphatic carbocycles. The number of thioether (sulfide) groups is 1. The zero-order chi connectivity index (χ0) is 26.7. The topological polar surface area (TPSA) is 88.2 Å². The van der Waals surface area contributed by atoms with Crippen molar-refractivity contribution in [1.82, 2.24) is 15.6 Å². The van der Waals surface area contributed by atoms with Crippen LogP contribution in [0.2, 0.25) is 0 Å². The molecule has 0 unspecified atom stereocenters. The van der Waals surface area contributed by atoms with Gasteiger partial charge in [-0.3, -0.25) is 19.7 Å². The molecule has 11 heteroatoms. The average molecular weight is 550 g/mol. The Morgan fingerprint density at radius 1 is 1.00 bits per heavy atom. The molecule has 1 atom stereocenters. The Morgan fingerprint density at radius 3 is 2.35 bits per heavy atom. The van der Waals surface area contributed by atoms with Crippen molar-refractivity contribution in [2.45, 2.75) is 38.0 Å². The summed E-state index contributed by atoms with van der Waals surface area (Å²) in [6.45, 7) is 0.272. The number of alkyl halides is 3. The molecule has 2 N–H and O–H groups in total.